The molecule has 1 heterocycles. The topological polar surface area (TPSA) is 118 Å². The van der Waals surface area contributed by atoms with Crippen molar-refractivity contribution in [3.63, 3.8) is 0 Å². The lowest BCUT2D eigenvalue weighted by atomic mass is 9.99. The number of sulfonamides is 1. The predicted molar refractivity (Wildman–Crippen MR) is 102 cm³/mol. The van der Waals surface area contributed by atoms with E-state index in [-0.39, 0.29) is 18.1 Å². The van der Waals surface area contributed by atoms with E-state index in [1.54, 1.807) is 12.1 Å². The van der Waals surface area contributed by atoms with Gasteiger partial charge in [-0.2, -0.15) is 5.10 Å². The highest BCUT2D eigenvalue weighted by atomic mass is 32.2. The van der Waals surface area contributed by atoms with Crippen LogP contribution in [0.5, 0.6) is 0 Å². The average Bonchev–Trinajstić information content (AvgIpc) is 3.09. The molecular formula is C19H21N3O4S. The fraction of sp³-hybridized carbons (Fsp3) is 0.211. The van der Waals surface area contributed by atoms with Crippen molar-refractivity contribution in [1.82, 2.24) is 10.2 Å². The Labute approximate surface area is 157 Å². The number of aliphatic hydroxyl groups excluding tert-OH is 1. The number of H-pyrrole nitrogens is 1. The van der Waals surface area contributed by atoms with Crippen LogP contribution in [0.4, 0.5) is 0 Å². The van der Waals surface area contributed by atoms with E-state index in [1.165, 1.54) is 12.1 Å². The highest BCUT2D eigenvalue weighted by molar-refractivity contribution is 7.89. The summed E-state index contributed by atoms with van der Waals surface area (Å²) in [7, 11) is -3.75. The van der Waals surface area contributed by atoms with Crippen molar-refractivity contribution < 1.29 is 18.3 Å². The van der Waals surface area contributed by atoms with Crippen LogP contribution >= 0.6 is 0 Å². The predicted octanol–water partition coefficient (Wildman–Crippen LogP) is 2.29. The molecule has 4 N–H and O–H groups in total. The van der Waals surface area contributed by atoms with Gasteiger partial charge in [0.05, 0.1) is 22.9 Å². The molecule has 142 valence electrons. The standard InChI is InChI=1S/C19H21N3O4S/c20-27(24,25)16-9-7-14(8-10-16)18-17(13-26-12-4-11-23)21-22-19(18)15-5-2-1-3-6-15/h1-3,5-10,23H,4,11-13H2,(H,21,22)(H2,20,24,25). The molecule has 0 spiro atoms. The molecule has 0 aliphatic rings. The Morgan fingerprint density at radius 1 is 1.04 bits per heavy atom. The zero-order chi connectivity index (χ0) is 19.3. The molecule has 0 saturated carbocycles. The second kappa shape index (κ2) is 8.45. The Kier molecular flexibility index (Phi) is 6.02. The minimum atomic E-state index is -3.75. The first-order chi connectivity index (χ1) is 13.0. The number of nitrogens with one attached hydrogen (secondary N) is 1. The lowest BCUT2D eigenvalue weighted by Gasteiger charge is -2.08. The van der Waals surface area contributed by atoms with Gasteiger partial charge in [-0.1, -0.05) is 42.5 Å². The molecule has 0 saturated heterocycles. The lowest BCUT2D eigenvalue weighted by molar-refractivity contribution is 0.102. The molecule has 1 aromatic heterocycles. The minimum Gasteiger partial charge on any atom is -0.396 e. The number of aliphatic hydroxyl groups is 1. The quantitative estimate of drug-likeness (QED) is 0.513. The molecule has 0 aliphatic heterocycles. The molecule has 0 atom stereocenters. The van der Waals surface area contributed by atoms with Crippen molar-refractivity contribution in [2.45, 2.75) is 17.9 Å². The molecule has 0 unspecified atom stereocenters. The second-order valence-corrected chi connectivity index (χ2v) is 7.55. The maximum Gasteiger partial charge on any atom is 0.238 e. The van der Waals surface area contributed by atoms with Gasteiger partial charge in [0.15, 0.2) is 0 Å². The monoisotopic (exact) mass is 387 g/mol. The van der Waals surface area contributed by atoms with Crippen LogP contribution in [-0.4, -0.2) is 36.9 Å². The van der Waals surface area contributed by atoms with E-state index in [0.29, 0.717) is 18.7 Å². The second-order valence-electron chi connectivity index (χ2n) is 5.99. The molecule has 27 heavy (non-hydrogen) atoms. The molecule has 3 rings (SSSR count). The molecule has 3 aromatic rings. The van der Waals surface area contributed by atoms with E-state index in [1.807, 2.05) is 30.3 Å². The van der Waals surface area contributed by atoms with Crippen LogP contribution in [0, 0.1) is 0 Å². The molecule has 2 aromatic carbocycles. The Hall–Kier alpha value is -2.52. The summed E-state index contributed by atoms with van der Waals surface area (Å²) in [4.78, 5) is 0.0525. The van der Waals surface area contributed by atoms with Gasteiger partial charge in [-0.25, -0.2) is 13.6 Å². The van der Waals surface area contributed by atoms with Crippen LogP contribution in [0.3, 0.4) is 0 Å². The summed E-state index contributed by atoms with van der Waals surface area (Å²) in [5.74, 6) is 0. The number of primary sulfonamides is 1. The SMILES string of the molecule is NS(=O)(=O)c1ccc(-c2c(COCCCO)n[nH]c2-c2ccccc2)cc1. The Balaban J connectivity index is 2.01. The third-order valence-electron chi connectivity index (χ3n) is 4.06. The fourth-order valence-corrected chi connectivity index (χ4v) is 3.27. The van der Waals surface area contributed by atoms with Gasteiger partial charge < -0.3 is 9.84 Å². The van der Waals surface area contributed by atoms with Crippen LogP contribution in [-0.2, 0) is 21.4 Å². The number of nitrogens with two attached hydrogens (primary N) is 1. The summed E-state index contributed by atoms with van der Waals surface area (Å²) in [6.45, 7) is 0.765. The summed E-state index contributed by atoms with van der Waals surface area (Å²) in [6, 6.07) is 16.1. The average molecular weight is 387 g/mol. The normalized spacial score (nSPS) is 11.6. The molecule has 0 aliphatic carbocycles. The van der Waals surface area contributed by atoms with Crippen molar-refractivity contribution in [2.75, 3.05) is 13.2 Å². The maximum absolute atomic E-state index is 11.5. The van der Waals surface area contributed by atoms with Gasteiger partial charge in [0.1, 0.15) is 0 Å². The van der Waals surface area contributed by atoms with Crippen molar-refractivity contribution in [1.29, 1.82) is 0 Å². The summed E-state index contributed by atoms with van der Waals surface area (Å²) < 4.78 is 28.6. The number of aromatic amines is 1. The molecule has 0 fully saturated rings. The van der Waals surface area contributed by atoms with Gasteiger partial charge in [-0.15, -0.1) is 0 Å². The van der Waals surface area contributed by atoms with E-state index >= 15 is 0 Å². The van der Waals surface area contributed by atoms with E-state index in [0.717, 1.165) is 22.4 Å². The number of rotatable bonds is 8. The lowest BCUT2D eigenvalue weighted by Crippen LogP contribution is -2.11. The Bertz CT molecular complexity index is 984. The maximum atomic E-state index is 11.5. The smallest absolute Gasteiger partial charge is 0.238 e. The van der Waals surface area contributed by atoms with Crippen molar-refractivity contribution in [3.05, 3.63) is 60.3 Å². The minimum absolute atomic E-state index is 0.0525. The summed E-state index contributed by atoms with van der Waals surface area (Å²) in [5.41, 5.74) is 4.12. The Morgan fingerprint density at radius 3 is 2.37 bits per heavy atom. The number of nitrogens with zero attached hydrogens (tertiary/aromatic N) is 1. The largest absolute Gasteiger partial charge is 0.396 e. The summed E-state index contributed by atoms with van der Waals surface area (Å²) in [6.07, 6.45) is 0.550. The van der Waals surface area contributed by atoms with Crippen LogP contribution < -0.4 is 5.14 Å². The van der Waals surface area contributed by atoms with Crippen molar-refractivity contribution in [3.8, 4) is 22.4 Å². The van der Waals surface area contributed by atoms with E-state index in [2.05, 4.69) is 10.2 Å². The van der Waals surface area contributed by atoms with Crippen LogP contribution in [0.15, 0.2) is 59.5 Å². The van der Waals surface area contributed by atoms with Crippen molar-refractivity contribution >= 4 is 10.0 Å². The van der Waals surface area contributed by atoms with Gasteiger partial charge in [0.25, 0.3) is 0 Å². The fourth-order valence-electron chi connectivity index (χ4n) is 2.76. The first kappa shape index (κ1) is 19.2. The Morgan fingerprint density at radius 2 is 1.74 bits per heavy atom. The van der Waals surface area contributed by atoms with E-state index < -0.39 is 10.0 Å². The van der Waals surface area contributed by atoms with Crippen LogP contribution in [0.2, 0.25) is 0 Å². The molecule has 0 bridgehead atoms. The van der Waals surface area contributed by atoms with Crippen LogP contribution in [0.1, 0.15) is 12.1 Å². The van der Waals surface area contributed by atoms with Crippen LogP contribution in [0.25, 0.3) is 22.4 Å². The number of hydrogen-bond acceptors (Lipinski definition) is 5. The van der Waals surface area contributed by atoms with Gasteiger partial charge in [-0.3, -0.25) is 5.10 Å². The van der Waals surface area contributed by atoms with E-state index in [9.17, 15) is 8.42 Å². The zero-order valence-corrected chi connectivity index (χ0v) is 15.4. The highest BCUT2D eigenvalue weighted by Crippen LogP contribution is 2.34. The first-order valence-corrected chi connectivity index (χ1v) is 10.00. The molecular weight excluding hydrogens is 366 g/mol. The molecule has 8 heteroatoms. The van der Waals surface area contributed by atoms with E-state index in [4.69, 9.17) is 15.0 Å². The number of hydrogen-bond donors (Lipinski definition) is 3. The van der Waals surface area contributed by atoms with Gasteiger partial charge in [-0.05, 0) is 24.1 Å². The summed E-state index contributed by atoms with van der Waals surface area (Å²) in [5, 5.41) is 21.5. The number of ether oxygens (including phenoxy) is 1. The number of aromatic nitrogens is 2. The first-order valence-electron chi connectivity index (χ1n) is 8.45. The molecule has 7 nitrogen and oxygen atoms in total. The van der Waals surface area contributed by atoms with Gasteiger partial charge in [0, 0.05) is 24.3 Å². The zero-order valence-electron chi connectivity index (χ0n) is 14.6. The third-order valence-corrected chi connectivity index (χ3v) is 4.99. The van der Waals surface area contributed by atoms with Gasteiger partial charge in [0.2, 0.25) is 10.0 Å². The van der Waals surface area contributed by atoms with Crippen molar-refractivity contribution in [2.24, 2.45) is 5.14 Å². The molecule has 0 amide bonds. The highest BCUT2D eigenvalue weighted by Gasteiger charge is 2.17. The van der Waals surface area contributed by atoms with Gasteiger partial charge >= 0.3 is 0 Å². The number of benzene rings is 2. The third kappa shape index (κ3) is 4.61. The molecule has 0 radical (unpaired) electrons. The summed E-state index contributed by atoms with van der Waals surface area (Å²) >= 11 is 0.